The Bertz CT molecular complexity index is 407. The Balaban J connectivity index is 3.07. The van der Waals surface area contributed by atoms with E-state index in [2.05, 4.69) is 26.1 Å². The van der Waals surface area contributed by atoms with E-state index in [4.69, 9.17) is 21.1 Å². The van der Waals surface area contributed by atoms with Crippen molar-refractivity contribution in [2.75, 3.05) is 20.8 Å². The zero-order valence-corrected chi connectivity index (χ0v) is 13.2. The van der Waals surface area contributed by atoms with Crippen molar-refractivity contribution in [2.24, 2.45) is 0 Å². The monoisotopic (exact) mass is 285 g/mol. The quantitative estimate of drug-likeness (QED) is 0.826. The highest BCUT2D eigenvalue weighted by Gasteiger charge is 2.25. The van der Waals surface area contributed by atoms with Crippen LogP contribution in [0.5, 0.6) is 5.75 Å². The lowest BCUT2D eigenvalue weighted by Crippen LogP contribution is -2.32. The van der Waals surface area contributed by atoms with Gasteiger partial charge in [0.15, 0.2) is 0 Å². The largest absolute Gasteiger partial charge is 0.496 e. The predicted octanol–water partition coefficient (Wildman–Crippen LogP) is 3.81. The van der Waals surface area contributed by atoms with Crippen LogP contribution in [0.3, 0.4) is 0 Å². The molecule has 1 rings (SSSR count). The normalized spacial score (nSPS) is 13.4. The fourth-order valence-electron chi connectivity index (χ4n) is 2.09. The van der Waals surface area contributed by atoms with Crippen molar-refractivity contribution in [2.45, 2.75) is 38.8 Å². The van der Waals surface area contributed by atoms with Crippen molar-refractivity contribution < 1.29 is 9.47 Å². The van der Waals surface area contributed by atoms with Gasteiger partial charge in [-0.1, -0.05) is 18.5 Å². The fraction of sp³-hybridized carbons (Fsp3) is 0.600. The molecule has 0 aliphatic rings. The van der Waals surface area contributed by atoms with Crippen molar-refractivity contribution in [3.05, 3.63) is 28.8 Å². The molecule has 3 nitrogen and oxygen atoms in total. The Labute approximate surface area is 121 Å². The van der Waals surface area contributed by atoms with Gasteiger partial charge < -0.3 is 14.8 Å². The van der Waals surface area contributed by atoms with Crippen LogP contribution in [0.4, 0.5) is 0 Å². The van der Waals surface area contributed by atoms with Gasteiger partial charge in [0.1, 0.15) is 5.75 Å². The zero-order chi connectivity index (χ0) is 14.5. The summed E-state index contributed by atoms with van der Waals surface area (Å²) in [5, 5.41) is 4.19. The maximum absolute atomic E-state index is 6.11. The molecule has 1 unspecified atom stereocenters. The fourth-order valence-corrected chi connectivity index (χ4v) is 2.27. The number of hydrogen-bond donors (Lipinski definition) is 1. The molecule has 1 aromatic carbocycles. The first-order chi connectivity index (χ1) is 8.93. The lowest BCUT2D eigenvalue weighted by atomic mass is 9.93. The number of benzene rings is 1. The number of rotatable bonds is 7. The SMILES string of the molecule is CCNC(CC(C)(C)OC)c1cc(Cl)ccc1OC. The van der Waals surface area contributed by atoms with E-state index in [0.29, 0.717) is 5.02 Å². The van der Waals surface area contributed by atoms with Crippen molar-refractivity contribution in [3.63, 3.8) is 0 Å². The minimum Gasteiger partial charge on any atom is -0.496 e. The minimum absolute atomic E-state index is 0.147. The van der Waals surface area contributed by atoms with E-state index in [1.807, 2.05) is 18.2 Å². The summed E-state index contributed by atoms with van der Waals surface area (Å²) in [6.07, 6.45) is 0.841. The first-order valence-corrected chi connectivity index (χ1v) is 6.93. The average Bonchev–Trinajstić information content (AvgIpc) is 2.38. The van der Waals surface area contributed by atoms with E-state index in [-0.39, 0.29) is 11.6 Å². The van der Waals surface area contributed by atoms with Gasteiger partial charge in [0.25, 0.3) is 0 Å². The van der Waals surface area contributed by atoms with Crippen LogP contribution in [0.25, 0.3) is 0 Å². The Kier molecular flexibility index (Phi) is 6.11. The predicted molar refractivity (Wildman–Crippen MR) is 80.1 cm³/mol. The van der Waals surface area contributed by atoms with E-state index in [1.165, 1.54) is 0 Å². The van der Waals surface area contributed by atoms with Crippen LogP contribution in [0.2, 0.25) is 5.02 Å². The number of halogens is 1. The molecule has 0 aliphatic heterocycles. The van der Waals surface area contributed by atoms with Crippen molar-refractivity contribution in [1.29, 1.82) is 0 Å². The molecule has 0 bridgehead atoms. The van der Waals surface area contributed by atoms with Gasteiger partial charge in [0.2, 0.25) is 0 Å². The molecular weight excluding hydrogens is 262 g/mol. The molecule has 1 atom stereocenters. The number of ether oxygens (including phenoxy) is 2. The van der Waals surface area contributed by atoms with E-state index in [9.17, 15) is 0 Å². The Morgan fingerprint density at radius 2 is 2.00 bits per heavy atom. The van der Waals surface area contributed by atoms with E-state index < -0.39 is 0 Å². The van der Waals surface area contributed by atoms with Crippen LogP contribution in [-0.4, -0.2) is 26.4 Å². The summed E-state index contributed by atoms with van der Waals surface area (Å²) >= 11 is 6.11. The highest BCUT2D eigenvalue weighted by atomic mass is 35.5. The highest BCUT2D eigenvalue weighted by Crippen LogP contribution is 2.33. The molecule has 0 spiro atoms. The van der Waals surface area contributed by atoms with Gasteiger partial charge in [-0.3, -0.25) is 0 Å². The van der Waals surface area contributed by atoms with E-state index in [1.54, 1.807) is 14.2 Å². The third-order valence-electron chi connectivity index (χ3n) is 3.27. The van der Waals surface area contributed by atoms with Crippen LogP contribution in [0, 0.1) is 0 Å². The number of methoxy groups -OCH3 is 2. The van der Waals surface area contributed by atoms with Gasteiger partial charge in [0.05, 0.1) is 12.7 Å². The molecule has 0 saturated carbocycles. The Hall–Kier alpha value is -0.770. The van der Waals surface area contributed by atoms with Gasteiger partial charge in [0, 0.05) is 23.7 Å². The average molecular weight is 286 g/mol. The van der Waals surface area contributed by atoms with Gasteiger partial charge >= 0.3 is 0 Å². The first kappa shape index (κ1) is 16.3. The van der Waals surface area contributed by atoms with E-state index >= 15 is 0 Å². The molecule has 19 heavy (non-hydrogen) atoms. The first-order valence-electron chi connectivity index (χ1n) is 6.55. The molecule has 0 aromatic heterocycles. The summed E-state index contributed by atoms with van der Waals surface area (Å²) in [6, 6.07) is 5.85. The summed E-state index contributed by atoms with van der Waals surface area (Å²) in [4.78, 5) is 0. The maximum Gasteiger partial charge on any atom is 0.123 e. The van der Waals surface area contributed by atoms with Crippen LogP contribution in [0.15, 0.2) is 18.2 Å². The van der Waals surface area contributed by atoms with Crippen LogP contribution < -0.4 is 10.1 Å². The van der Waals surface area contributed by atoms with Crippen molar-refractivity contribution >= 4 is 11.6 Å². The summed E-state index contributed by atoms with van der Waals surface area (Å²) < 4.78 is 11.0. The van der Waals surface area contributed by atoms with Gasteiger partial charge in [-0.15, -0.1) is 0 Å². The molecule has 0 fully saturated rings. The molecule has 1 aromatic rings. The summed E-state index contributed by atoms with van der Waals surface area (Å²) in [6.45, 7) is 7.12. The lowest BCUT2D eigenvalue weighted by molar-refractivity contribution is 0.00681. The topological polar surface area (TPSA) is 30.5 Å². The van der Waals surface area contributed by atoms with Crippen LogP contribution in [0.1, 0.15) is 38.8 Å². The summed E-state index contributed by atoms with van der Waals surface area (Å²) in [7, 11) is 3.41. The minimum atomic E-state index is -0.208. The molecule has 0 aliphatic carbocycles. The third kappa shape index (κ3) is 4.68. The lowest BCUT2D eigenvalue weighted by Gasteiger charge is -2.30. The number of nitrogens with one attached hydrogen (secondary N) is 1. The summed E-state index contributed by atoms with van der Waals surface area (Å²) in [5.41, 5.74) is 0.863. The smallest absolute Gasteiger partial charge is 0.123 e. The molecule has 108 valence electrons. The van der Waals surface area contributed by atoms with Gasteiger partial charge in [-0.2, -0.15) is 0 Å². The molecule has 1 N–H and O–H groups in total. The molecule has 4 heteroatoms. The third-order valence-corrected chi connectivity index (χ3v) is 3.50. The molecule has 0 radical (unpaired) electrons. The van der Waals surface area contributed by atoms with Crippen LogP contribution >= 0.6 is 11.6 Å². The maximum atomic E-state index is 6.11. The summed E-state index contributed by atoms with van der Waals surface area (Å²) in [5.74, 6) is 0.849. The van der Waals surface area contributed by atoms with E-state index in [0.717, 1.165) is 24.3 Å². The Morgan fingerprint density at radius 3 is 2.53 bits per heavy atom. The number of hydrogen-bond acceptors (Lipinski definition) is 3. The van der Waals surface area contributed by atoms with Gasteiger partial charge in [-0.05, 0) is 45.0 Å². The molecule has 0 saturated heterocycles. The standard InChI is InChI=1S/C15H24ClNO2/c1-6-17-13(10-15(2,3)19-5)12-9-11(16)7-8-14(12)18-4/h7-9,13,17H,6,10H2,1-5H3. The van der Waals surface area contributed by atoms with Crippen LogP contribution in [-0.2, 0) is 4.74 Å². The molecule has 0 amide bonds. The molecular formula is C15H24ClNO2. The van der Waals surface area contributed by atoms with Crippen molar-refractivity contribution in [3.8, 4) is 5.75 Å². The van der Waals surface area contributed by atoms with Crippen molar-refractivity contribution in [1.82, 2.24) is 5.32 Å². The Morgan fingerprint density at radius 1 is 1.32 bits per heavy atom. The zero-order valence-electron chi connectivity index (χ0n) is 12.4. The molecule has 0 heterocycles. The second kappa shape index (κ2) is 7.13. The van der Waals surface area contributed by atoms with Gasteiger partial charge in [-0.25, -0.2) is 0 Å². The second-order valence-electron chi connectivity index (χ2n) is 5.16. The second-order valence-corrected chi connectivity index (χ2v) is 5.60. The highest BCUT2D eigenvalue weighted by molar-refractivity contribution is 6.30.